The lowest BCUT2D eigenvalue weighted by atomic mass is 10.0. The number of esters is 3. The van der Waals surface area contributed by atoms with Crippen LogP contribution in [0.1, 0.15) is 265 Å². The van der Waals surface area contributed by atoms with Crippen molar-refractivity contribution in [3.8, 4) is 0 Å². The third-order valence-corrected chi connectivity index (χ3v) is 11.2. The maximum atomic E-state index is 12.7. The molecule has 0 fully saturated rings. The van der Waals surface area contributed by atoms with Gasteiger partial charge < -0.3 is 14.2 Å². The summed E-state index contributed by atoms with van der Waals surface area (Å²) >= 11 is 0. The zero-order valence-electron chi connectivity index (χ0n) is 39.3. The maximum absolute atomic E-state index is 12.7. The average Bonchev–Trinajstić information content (AvgIpc) is 3.23. The van der Waals surface area contributed by atoms with Gasteiger partial charge in [-0.25, -0.2) is 0 Å². The van der Waals surface area contributed by atoms with E-state index in [9.17, 15) is 14.4 Å². The smallest absolute Gasteiger partial charge is 0.306 e. The van der Waals surface area contributed by atoms with Crippen LogP contribution in [0.5, 0.6) is 0 Å². The number of ether oxygens (including phenoxy) is 3. The van der Waals surface area contributed by atoms with Crippen LogP contribution < -0.4 is 0 Å². The lowest BCUT2D eigenvalue weighted by Crippen LogP contribution is -2.30. The summed E-state index contributed by atoms with van der Waals surface area (Å²) in [7, 11) is 0. The van der Waals surface area contributed by atoms with Gasteiger partial charge in [-0.2, -0.15) is 0 Å². The molecule has 0 aromatic rings. The van der Waals surface area contributed by atoms with Gasteiger partial charge in [0.25, 0.3) is 0 Å². The molecule has 0 saturated carbocycles. The van der Waals surface area contributed by atoms with Crippen LogP contribution in [0.3, 0.4) is 0 Å². The second kappa shape index (κ2) is 48.3. The summed E-state index contributed by atoms with van der Waals surface area (Å²) < 4.78 is 16.7. The Morgan fingerprint density at radius 3 is 1.03 bits per heavy atom. The number of allylic oxidation sites excluding steroid dienone is 6. The molecule has 1 unspecified atom stereocenters. The van der Waals surface area contributed by atoms with Crippen LogP contribution in [-0.2, 0) is 28.6 Å². The third kappa shape index (κ3) is 46.5. The third-order valence-electron chi connectivity index (χ3n) is 11.2. The fourth-order valence-corrected chi connectivity index (χ4v) is 7.34. The Morgan fingerprint density at radius 2 is 0.661 bits per heavy atom. The van der Waals surface area contributed by atoms with Crippen LogP contribution >= 0.6 is 0 Å². The number of unbranched alkanes of at least 4 members (excludes halogenated alkanes) is 29. The number of carbonyl (C=O) groups excluding carboxylic acids is 3. The molecule has 0 radical (unpaired) electrons. The summed E-state index contributed by atoms with van der Waals surface area (Å²) in [4.78, 5) is 37.7. The first-order chi connectivity index (χ1) is 29.0. The molecular formula is C53H96O6. The van der Waals surface area contributed by atoms with Crippen LogP contribution in [0.25, 0.3) is 0 Å². The minimum absolute atomic E-state index is 0.0730. The van der Waals surface area contributed by atoms with Crippen molar-refractivity contribution in [2.75, 3.05) is 13.2 Å². The van der Waals surface area contributed by atoms with E-state index in [0.717, 1.165) is 83.5 Å². The normalized spacial score (nSPS) is 12.3. The first kappa shape index (κ1) is 56.6. The second-order valence-electron chi connectivity index (χ2n) is 17.1. The fourth-order valence-electron chi connectivity index (χ4n) is 7.34. The van der Waals surface area contributed by atoms with Gasteiger partial charge in [-0.05, 0) is 51.4 Å². The molecule has 6 nitrogen and oxygen atoms in total. The van der Waals surface area contributed by atoms with Gasteiger partial charge in [0.2, 0.25) is 0 Å². The van der Waals surface area contributed by atoms with Gasteiger partial charge in [0.05, 0.1) is 0 Å². The Morgan fingerprint density at radius 1 is 0.356 bits per heavy atom. The highest BCUT2D eigenvalue weighted by molar-refractivity contribution is 5.71. The summed E-state index contributed by atoms with van der Waals surface area (Å²) in [5, 5.41) is 0. The highest BCUT2D eigenvalue weighted by Gasteiger charge is 2.19. The molecular weight excluding hydrogens is 733 g/mol. The molecule has 0 spiro atoms. The summed E-state index contributed by atoms with van der Waals surface area (Å²) in [5.74, 6) is -0.883. The molecule has 0 bridgehead atoms. The monoisotopic (exact) mass is 829 g/mol. The summed E-state index contributed by atoms with van der Waals surface area (Å²) in [5.41, 5.74) is 0. The second-order valence-corrected chi connectivity index (χ2v) is 17.1. The highest BCUT2D eigenvalue weighted by atomic mass is 16.6. The number of hydrogen-bond donors (Lipinski definition) is 0. The van der Waals surface area contributed by atoms with Gasteiger partial charge in [0.15, 0.2) is 6.10 Å². The van der Waals surface area contributed by atoms with Crippen LogP contribution in [0.4, 0.5) is 0 Å². The molecule has 0 aromatic heterocycles. The molecule has 0 saturated heterocycles. The molecule has 0 amide bonds. The Labute approximate surface area is 365 Å². The molecule has 0 aliphatic rings. The topological polar surface area (TPSA) is 78.9 Å². The van der Waals surface area contributed by atoms with Crippen molar-refractivity contribution in [3.05, 3.63) is 36.5 Å². The van der Waals surface area contributed by atoms with Crippen molar-refractivity contribution in [2.45, 2.75) is 271 Å². The van der Waals surface area contributed by atoms with E-state index >= 15 is 0 Å². The zero-order valence-corrected chi connectivity index (χ0v) is 39.3. The van der Waals surface area contributed by atoms with Crippen molar-refractivity contribution in [3.63, 3.8) is 0 Å². The van der Waals surface area contributed by atoms with Crippen molar-refractivity contribution < 1.29 is 28.6 Å². The first-order valence-electron chi connectivity index (χ1n) is 25.5. The minimum atomic E-state index is -0.770. The molecule has 1 atom stereocenters. The number of rotatable bonds is 46. The van der Waals surface area contributed by atoms with E-state index in [0.29, 0.717) is 19.3 Å². The average molecular weight is 829 g/mol. The molecule has 6 heteroatoms. The lowest BCUT2D eigenvalue weighted by molar-refractivity contribution is -0.167. The van der Waals surface area contributed by atoms with Gasteiger partial charge in [-0.1, -0.05) is 231 Å². The van der Waals surface area contributed by atoms with Crippen molar-refractivity contribution in [2.24, 2.45) is 0 Å². The Bertz CT molecular complexity index is 1000. The van der Waals surface area contributed by atoms with Crippen molar-refractivity contribution in [1.82, 2.24) is 0 Å². The maximum Gasteiger partial charge on any atom is 0.306 e. The van der Waals surface area contributed by atoms with E-state index in [1.807, 2.05) is 0 Å². The Hall–Kier alpha value is -2.37. The van der Waals surface area contributed by atoms with E-state index in [-0.39, 0.29) is 31.1 Å². The van der Waals surface area contributed by atoms with Crippen molar-refractivity contribution in [1.29, 1.82) is 0 Å². The molecule has 0 aliphatic carbocycles. The zero-order chi connectivity index (χ0) is 43.0. The first-order valence-corrected chi connectivity index (χ1v) is 25.5. The number of hydrogen-bond acceptors (Lipinski definition) is 6. The molecule has 0 aromatic carbocycles. The molecule has 0 aliphatic heterocycles. The van der Waals surface area contributed by atoms with Gasteiger partial charge in [-0.15, -0.1) is 0 Å². The van der Waals surface area contributed by atoms with Crippen LogP contribution in [-0.4, -0.2) is 37.2 Å². The molecule has 59 heavy (non-hydrogen) atoms. The Kier molecular flexibility index (Phi) is 46.4. The summed E-state index contributed by atoms with van der Waals surface area (Å²) in [6, 6.07) is 0. The largest absolute Gasteiger partial charge is 0.462 e. The van der Waals surface area contributed by atoms with E-state index in [1.54, 1.807) is 0 Å². The predicted octanol–water partition coefficient (Wildman–Crippen LogP) is 16.5. The molecule has 0 heterocycles. The predicted molar refractivity (Wildman–Crippen MR) is 252 cm³/mol. The fraction of sp³-hybridized carbons (Fsp3) is 0.830. The van der Waals surface area contributed by atoms with Gasteiger partial charge in [0.1, 0.15) is 13.2 Å². The van der Waals surface area contributed by atoms with E-state index < -0.39 is 6.10 Å². The lowest BCUT2D eigenvalue weighted by Gasteiger charge is -2.18. The Balaban J connectivity index is 4.19. The molecule has 0 N–H and O–H groups in total. The van der Waals surface area contributed by atoms with Crippen LogP contribution in [0.2, 0.25) is 0 Å². The standard InChI is InChI=1S/C53H96O6/c1-4-7-10-13-16-18-20-22-24-26-28-29-31-33-35-37-40-43-46-52(55)58-49-50(48-57-51(54)45-42-39-15-12-9-6-3)59-53(56)47-44-41-38-36-34-32-30-27-25-23-21-19-17-14-11-8-5-2/h8,11,17,19,23,25,50H,4-7,9-10,12-16,18,20-22,24,26-49H2,1-3H3/b11-8-,19-17-,25-23-. The minimum Gasteiger partial charge on any atom is -0.462 e. The number of carbonyl (C=O) groups is 3. The van der Waals surface area contributed by atoms with E-state index in [1.165, 1.54) is 141 Å². The molecule has 344 valence electrons. The van der Waals surface area contributed by atoms with Gasteiger partial charge in [0, 0.05) is 19.3 Å². The van der Waals surface area contributed by atoms with Gasteiger partial charge in [-0.3, -0.25) is 14.4 Å². The van der Waals surface area contributed by atoms with E-state index in [2.05, 4.69) is 57.2 Å². The quantitative estimate of drug-likeness (QED) is 0.0263. The van der Waals surface area contributed by atoms with Gasteiger partial charge >= 0.3 is 17.9 Å². The highest BCUT2D eigenvalue weighted by Crippen LogP contribution is 2.16. The summed E-state index contributed by atoms with van der Waals surface area (Å²) in [6.07, 6.45) is 55.8. The summed E-state index contributed by atoms with van der Waals surface area (Å²) in [6.45, 7) is 6.48. The van der Waals surface area contributed by atoms with Crippen LogP contribution in [0, 0.1) is 0 Å². The van der Waals surface area contributed by atoms with E-state index in [4.69, 9.17) is 14.2 Å². The van der Waals surface area contributed by atoms with Crippen LogP contribution in [0.15, 0.2) is 36.5 Å². The molecule has 0 rings (SSSR count). The SMILES string of the molecule is CC/C=C\C/C=C\C/C=C\CCCCCCCCCC(=O)OC(COC(=O)CCCCCCCC)COC(=O)CCCCCCCCCCCCCCCCCCCC. The van der Waals surface area contributed by atoms with Crippen molar-refractivity contribution >= 4 is 17.9 Å².